The summed E-state index contributed by atoms with van der Waals surface area (Å²) in [5.41, 5.74) is 3.30. The molecule has 0 unspecified atom stereocenters. The molecule has 0 saturated carbocycles. The summed E-state index contributed by atoms with van der Waals surface area (Å²) in [7, 11) is 0. The van der Waals surface area contributed by atoms with Crippen LogP contribution in [0.1, 0.15) is 74.0 Å². The van der Waals surface area contributed by atoms with Gasteiger partial charge in [-0.25, -0.2) is 4.98 Å². The number of aromatic nitrogens is 3. The maximum atomic E-state index is 12.5. The monoisotopic (exact) mass is 554 g/mol. The number of anilines is 1. The third-order valence-corrected chi connectivity index (χ3v) is 7.41. The van der Waals surface area contributed by atoms with Crippen LogP contribution in [-0.2, 0) is 25.7 Å². The summed E-state index contributed by atoms with van der Waals surface area (Å²) < 4.78 is 12.7. The molecule has 2 heterocycles. The van der Waals surface area contributed by atoms with E-state index in [1.165, 1.54) is 18.1 Å². The number of carbonyl (C=O) groups excluding carboxylic acids is 1. The SMILES string of the molecule is O=C(O)CCCCCCC(=O)Nc1cccc([C@H]2O[C@@H](CSc3ncn[nH]3)C[C@@H](c3ccc(CO)cc3)O2)c1. The molecule has 10 nitrogen and oxygen atoms in total. The van der Waals surface area contributed by atoms with Crippen molar-refractivity contribution in [3.05, 3.63) is 71.5 Å². The molecule has 4 N–H and O–H groups in total. The van der Waals surface area contributed by atoms with Crippen LogP contribution in [0.3, 0.4) is 0 Å². The standard InChI is InChI=1S/C28H34N4O6S/c33-16-19-10-12-20(13-11-19)24-15-23(17-39-28-29-18-30-32-28)37-27(38-24)21-6-5-7-22(14-21)31-25(34)8-3-1-2-4-9-26(35)36/h5-7,10-14,18,23-24,27,33H,1-4,8-9,15-17H2,(H,31,34)(H,35,36)(H,29,30,32)/t23-,24+,27+/m1/s1. The molecule has 0 bridgehead atoms. The van der Waals surface area contributed by atoms with Gasteiger partial charge in [-0.1, -0.05) is 61.0 Å². The number of carboxylic acids is 1. The zero-order valence-electron chi connectivity index (χ0n) is 21.6. The number of aliphatic carboxylic acids is 1. The Kier molecular flexibility index (Phi) is 10.9. The molecule has 1 aliphatic rings. The number of nitrogens with zero attached hydrogens (tertiary/aromatic N) is 2. The summed E-state index contributed by atoms with van der Waals surface area (Å²) >= 11 is 1.53. The van der Waals surface area contributed by atoms with E-state index in [4.69, 9.17) is 14.6 Å². The summed E-state index contributed by atoms with van der Waals surface area (Å²) in [6.45, 7) is -0.0166. The van der Waals surface area contributed by atoms with Crippen molar-refractivity contribution in [3.63, 3.8) is 0 Å². The van der Waals surface area contributed by atoms with Gasteiger partial charge in [0.2, 0.25) is 5.91 Å². The third-order valence-electron chi connectivity index (χ3n) is 6.40. The van der Waals surface area contributed by atoms with Gasteiger partial charge in [-0.2, -0.15) is 5.10 Å². The van der Waals surface area contributed by atoms with Crippen LogP contribution < -0.4 is 5.32 Å². The van der Waals surface area contributed by atoms with E-state index in [2.05, 4.69) is 20.5 Å². The number of aliphatic hydroxyl groups is 1. The number of thioether (sulfide) groups is 1. The fourth-order valence-corrected chi connectivity index (χ4v) is 5.16. The molecule has 11 heteroatoms. The van der Waals surface area contributed by atoms with Crippen molar-refractivity contribution in [2.24, 2.45) is 0 Å². The molecule has 3 atom stereocenters. The first-order chi connectivity index (χ1) is 19.0. The molecular formula is C28H34N4O6S. The highest BCUT2D eigenvalue weighted by Gasteiger charge is 2.32. The van der Waals surface area contributed by atoms with Gasteiger partial charge in [-0.15, -0.1) is 0 Å². The Balaban J connectivity index is 1.38. The van der Waals surface area contributed by atoms with Gasteiger partial charge in [0.05, 0.1) is 18.8 Å². The third kappa shape index (κ3) is 9.17. The highest BCUT2D eigenvalue weighted by molar-refractivity contribution is 7.99. The first-order valence-corrected chi connectivity index (χ1v) is 14.1. The minimum absolute atomic E-state index is 0.0166. The lowest BCUT2D eigenvalue weighted by molar-refractivity contribution is -0.245. The number of unbranched alkanes of at least 4 members (excludes halogenated alkanes) is 3. The average Bonchev–Trinajstić information content (AvgIpc) is 3.47. The van der Waals surface area contributed by atoms with Gasteiger partial charge in [0.15, 0.2) is 11.4 Å². The first-order valence-electron chi connectivity index (χ1n) is 13.1. The molecule has 0 radical (unpaired) electrons. The lowest BCUT2D eigenvalue weighted by Gasteiger charge is -2.36. The van der Waals surface area contributed by atoms with E-state index in [1.807, 2.05) is 48.5 Å². The van der Waals surface area contributed by atoms with E-state index in [0.29, 0.717) is 37.1 Å². The molecule has 39 heavy (non-hydrogen) atoms. The molecule has 1 aliphatic heterocycles. The van der Waals surface area contributed by atoms with Gasteiger partial charge in [-0.05, 0) is 36.1 Å². The maximum absolute atomic E-state index is 12.5. The molecule has 1 aromatic heterocycles. The van der Waals surface area contributed by atoms with Crippen molar-refractivity contribution in [2.75, 3.05) is 11.1 Å². The zero-order valence-corrected chi connectivity index (χ0v) is 22.4. The molecule has 1 amide bonds. The second kappa shape index (κ2) is 14.8. The van der Waals surface area contributed by atoms with Gasteiger partial charge < -0.3 is 25.0 Å². The van der Waals surface area contributed by atoms with Crippen LogP contribution in [0.2, 0.25) is 0 Å². The van der Waals surface area contributed by atoms with Gasteiger partial charge in [0.1, 0.15) is 6.33 Å². The number of hydrogen-bond acceptors (Lipinski definition) is 8. The second-order valence-electron chi connectivity index (χ2n) is 9.43. The van der Waals surface area contributed by atoms with Crippen LogP contribution in [0.4, 0.5) is 5.69 Å². The number of nitrogens with one attached hydrogen (secondary N) is 2. The smallest absolute Gasteiger partial charge is 0.303 e. The van der Waals surface area contributed by atoms with Gasteiger partial charge in [0, 0.05) is 36.3 Å². The van der Waals surface area contributed by atoms with Gasteiger partial charge in [0.25, 0.3) is 0 Å². The molecule has 2 aromatic carbocycles. The predicted molar refractivity (Wildman–Crippen MR) is 146 cm³/mol. The van der Waals surface area contributed by atoms with Crippen molar-refractivity contribution < 1.29 is 29.3 Å². The first kappa shape index (κ1) is 28.8. The second-order valence-corrected chi connectivity index (χ2v) is 10.4. The van der Waals surface area contributed by atoms with Gasteiger partial charge in [-0.3, -0.25) is 14.7 Å². The number of rotatable bonds is 14. The number of hydrogen-bond donors (Lipinski definition) is 4. The number of benzene rings is 2. The Morgan fingerprint density at radius 2 is 1.82 bits per heavy atom. The zero-order chi connectivity index (χ0) is 27.5. The number of ether oxygens (including phenoxy) is 2. The highest BCUT2D eigenvalue weighted by atomic mass is 32.2. The molecule has 3 aromatic rings. The molecule has 1 fully saturated rings. The number of aromatic amines is 1. The Morgan fingerprint density at radius 3 is 2.54 bits per heavy atom. The number of H-pyrrole nitrogens is 1. The highest BCUT2D eigenvalue weighted by Crippen LogP contribution is 2.39. The van der Waals surface area contributed by atoms with Crippen molar-refractivity contribution in [1.82, 2.24) is 15.2 Å². The Bertz CT molecular complexity index is 1190. The van der Waals surface area contributed by atoms with E-state index >= 15 is 0 Å². The Morgan fingerprint density at radius 1 is 1.03 bits per heavy atom. The quantitative estimate of drug-likeness (QED) is 0.160. The number of aliphatic hydroxyl groups excluding tert-OH is 1. The molecule has 0 spiro atoms. The predicted octanol–water partition coefficient (Wildman–Crippen LogP) is 5.00. The van der Waals surface area contributed by atoms with E-state index in [1.54, 1.807) is 0 Å². The summed E-state index contributed by atoms with van der Waals surface area (Å²) in [6, 6.07) is 15.2. The molecule has 4 rings (SSSR count). The molecular weight excluding hydrogens is 520 g/mol. The number of carboxylic acid groups (broad SMARTS) is 1. The largest absolute Gasteiger partial charge is 0.481 e. The minimum Gasteiger partial charge on any atom is -0.481 e. The number of amides is 1. The minimum atomic E-state index is -0.788. The Hall–Kier alpha value is -3.25. The van der Waals surface area contributed by atoms with Crippen LogP contribution in [0.5, 0.6) is 0 Å². The lowest BCUT2D eigenvalue weighted by atomic mass is 10.0. The summed E-state index contributed by atoms with van der Waals surface area (Å²) in [6.07, 6.45) is 4.65. The fraction of sp³-hybridized carbons (Fsp3) is 0.429. The van der Waals surface area contributed by atoms with E-state index < -0.39 is 12.3 Å². The van der Waals surface area contributed by atoms with E-state index in [0.717, 1.165) is 34.7 Å². The molecule has 208 valence electrons. The average molecular weight is 555 g/mol. The molecule has 0 aliphatic carbocycles. The van der Waals surface area contributed by atoms with Crippen LogP contribution in [0.15, 0.2) is 60.0 Å². The van der Waals surface area contributed by atoms with E-state index in [-0.39, 0.29) is 31.1 Å². The normalized spacial score (nSPS) is 19.1. The molecule has 1 saturated heterocycles. The van der Waals surface area contributed by atoms with Crippen LogP contribution in [-0.4, -0.2) is 49.1 Å². The maximum Gasteiger partial charge on any atom is 0.303 e. The van der Waals surface area contributed by atoms with Crippen LogP contribution in [0, 0.1) is 0 Å². The summed E-state index contributed by atoms with van der Waals surface area (Å²) in [5.74, 6) is -0.216. The van der Waals surface area contributed by atoms with E-state index in [9.17, 15) is 14.7 Å². The van der Waals surface area contributed by atoms with Crippen molar-refractivity contribution in [2.45, 2.75) is 75.2 Å². The number of carbonyl (C=O) groups is 2. The summed E-state index contributed by atoms with van der Waals surface area (Å²) in [5, 5.41) is 28.5. The van der Waals surface area contributed by atoms with Crippen molar-refractivity contribution >= 4 is 29.3 Å². The van der Waals surface area contributed by atoms with Crippen molar-refractivity contribution in [1.29, 1.82) is 0 Å². The van der Waals surface area contributed by atoms with Crippen LogP contribution in [0.25, 0.3) is 0 Å². The summed E-state index contributed by atoms with van der Waals surface area (Å²) in [4.78, 5) is 27.3. The fourth-order valence-electron chi connectivity index (χ4n) is 4.36. The lowest BCUT2D eigenvalue weighted by Crippen LogP contribution is -2.31. The van der Waals surface area contributed by atoms with Crippen molar-refractivity contribution in [3.8, 4) is 0 Å². The van der Waals surface area contributed by atoms with Crippen LogP contribution >= 0.6 is 11.8 Å². The Labute approximate surface area is 231 Å². The topological polar surface area (TPSA) is 147 Å². The van der Waals surface area contributed by atoms with Gasteiger partial charge >= 0.3 is 5.97 Å².